The Morgan fingerprint density at radius 3 is 1.18 bits per heavy atom. The molecule has 0 amide bonds. The van der Waals surface area contributed by atoms with Gasteiger partial charge in [0.1, 0.15) is 0 Å². The summed E-state index contributed by atoms with van der Waals surface area (Å²) in [6, 6.07) is 0. The molecule has 0 saturated carbocycles. The fraction of sp³-hybridized carbons (Fsp3) is 1.00. The van der Waals surface area contributed by atoms with Crippen LogP contribution in [0.2, 0.25) is 0 Å². The average molecular weight is 283 g/mol. The van der Waals surface area contributed by atoms with Crippen LogP contribution in [0, 0.1) is 0 Å². The molecule has 0 aromatic rings. The van der Waals surface area contributed by atoms with Crippen molar-refractivity contribution in [1.29, 1.82) is 0 Å². The number of rotatable bonds is 10. The molecule has 0 saturated heterocycles. The summed E-state index contributed by atoms with van der Waals surface area (Å²) in [7, 11) is 0. The van der Waals surface area contributed by atoms with Gasteiger partial charge in [0.15, 0.2) is 0 Å². The van der Waals surface area contributed by atoms with Gasteiger partial charge in [0.2, 0.25) is 0 Å². The standard InChI is InChI=1S/C12H28ClN2OP/c1-5-9-14(10-6-2)17(13,16)15(11-7-3)12-8-4/h5-12H2,1-4H3. The predicted molar refractivity (Wildman–Crippen MR) is 77.8 cm³/mol. The highest BCUT2D eigenvalue weighted by molar-refractivity contribution is 7.85. The maximum atomic E-state index is 12.8. The Morgan fingerprint density at radius 1 is 0.765 bits per heavy atom. The van der Waals surface area contributed by atoms with Crippen LogP contribution in [0.1, 0.15) is 53.4 Å². The van der Waals surface area contributed by atoms with Crippen LogP contribution >= 0.6 is 18.0 Å². The number of halogens is 1. The molecule has 0 spiro atoms. The maximum Gasteiger partial charge on any atom is 0.304 e. The van der Waals surface area contributed by atoms with E-state index in [9.17, 15) is 4.57 Å². The summed E-state index contributed by atoms with van der Waals surface area (Å²) in [4.78, 5) is 0. The van der Waals surface area contributed by atoms with E-state index in [0.717, 1.165) is 51.9 Å². The van der Waals surface area contributed by atoms with Crippen LogP contribution in [0.3, 0.4) is 0 Å². The monoisotopic (exact) mass is 282 g/mol. The lowest BCUT2D eigenvalue weighted by Crippen LogP contribution is -2.31. The first-order valence-corrected chi connectivity index (χ1v) is 9.36. The Balaban J connectivity index is 4.78. The molecule has 0 N–H and O–H groups in total. The van der Waals surface area contributed by atoms with Crippen LogP contribution in [-0.2, 0) is 4.57 Å². The van der Waals surface area contributed by atoms with E-state index in [1.807, 2.05) is 9.34 Å². The third kappa shape index (κ3) is 5.74. The second-order valence-corrected chi connectivity index (χ2v) is 7.78. The Morgan fingerprint density at radius 2 is 1.00 bits per heavy atom. The molecule has 0 rings (SSSR count). The van der Waals surface area contributed by atoms with E-state index in [1.54, 1.807) is 0 Å². The van der Waals surface area contributed by atoms with E-state index in [-0.39, 0.29) is 0 Å². The zero-order chi connectivity index (χ0) is 13.3. The van der Waals surface area contributed by atoms with Gasteiger partial charge < -0.3 is 0 Å². The Labute approximate surface area is 112 Å². The summed E-state index contributed by atoms with van der Waals surface area (Å²) in [5.41, 5.74) is 0. The molecule has 0 fully saturated rings. The van der Waals surface area contributed by atoms with E-state index in [1.165, 1.54) is 0 Å². The van der Waals surface area contributed by atoms with Crippen LogP contribution in [0.5, 0.6) is 0 Å². The molecule has 5 heteroatoms. The first-order chi connectivity index (χ1) is 8.04. The summed E-state index contributed by atoms with van der Waals surface area (Å²) in [6.45, 7) is 8.83. The van der Waals surface area contributed by atoms with Crippen LogP contribution in [0.25, 0.3) is 0 Å². The van der Waals surface area contributed by atoms with E-state index in [2.05, 4.69) is 27.7 Å². The van der Waals surface area contributed by atoms with Gasteiger partial charge in [0.05, 0.1) is 0 Å². The van der Waals surface area contributed by atoms with E-state index in [0.29, 0.717) is 0 Å². The highest BCUT2D eigenvalue weighted by Gasteiger charge is 2.33. The van der Waals surface area contributed by atoms with Crippen molar-refractivity contribution in [2.45, 2.75) is 53.4 Å². The van der Waals surface area contributed by atoms with Gasteiger partial charge in [-0.15, -0.1) is 0 Å². The van der Waals surface area contributed by atoms with Crippen molar-refractivity contribution in [3.8, 4) is 0 Å². The highest BCUT2D eigenvalue weighted by Crippen LogP contribution is 2.58. The number of nitrogens with zero attached hydrogens (tertiary/aromatic N) is 2. The molecule has 0 atom stereocenters. The van der Waals surface area contributed by atoms with Crippen LogP contribution < -0.4 is 0 Å². The molecule has 3 nitrogen and oxygen atoms in total. The molecule has 0 aromatic carbocycles. The third-order valence-corrected chi connectivity index (χ3v) is 6.10. The minimum atomic E-state index is -2.84. The van der Waals surface area contributed by atoms with E-state index in [4.69, 9.17) is 11.2 Å². The molecule has 0 aromatic heterocycles. The molecule has 0 aliphatic heterocycles. The minimum absolute atomic E-state index is 0.818. The van der Waals surface area contributed by atoms with E-state index >= 15 is 0 Å². The molecule has 0 aliphatic carbocycles. The van der Waals surface area contributed by atoms with E-state index < -0.39 is 6.80 Å². The highest BCUT2D eigenvalue weighted by atomic mass is 35.7. The molecule has 0 radical (unpaired) electrons. The Bertz CT molecular complexity index is 207. The van der Waals surface area contributed by atoms with Gasteiger partial charge >= 0.3 is 6.80 Å². The molecule has 0 bridgehead atoms. The maximum absolute atomic E-state index is 12.8. The lowest BCUT2D eigenvalue weighted by atomic mass is 10.4. The molecular formula is C12H28ClN2OP. The van der Waals surface area contributed by atoms with Crippen molar-refractivity contribution in [2.24, 2.45) is 0 Å². The van der Waals surface area contributed by atoms with Gasteiger partial charge in [-0.25, -0.2) is 9.34 Å². The lowest BCUT2D eigenvalue weighted by Gasteiger charge is -2.34. The zero-order valence-electron chi connectivity index (χ0n) is 11.8. The van der Waals surface area contributed by atoms with Crippen molar-refractivity contribution < 1.29 is 4.57 Å². The number of hydrogen-bond donors (Lipinski definition) is 0. The van der Waals surface area contributed by atoms with Gasteiger partial charge in [-0.3, -0.25) is 4.57 Å². The predicted octanol–water partition coefficient (Wildman–Crippen LogP) is 4.58. The van der Waals surface area contributed by atoms with Gasteiger partial charge in [0.25, 0.3) is 0 Å². The summed E-state index contributed by atoms with van der Waals surface area (Å²) in [6.07, 6.45) is 3.96. The van der Waals surface area contributed by atoms with Crippen molar-refractivity contribution in [3.63, 3.8) is 0 Å². The van der Waals surface area contributed by atoms with Crippen molar-refractivity contribution in [1.82, 2.24) is 9.34 Å². The summed E-state index contributed by atoms with van der Waals surface area (Å²) in [5.74, 6) is 0. The second kappa shape index (κ2) is 9.38. The van der Waals surface area contributed by atoms with Crippen molar-refractivity contribution in [3.05, 3.63) is 0 Å². The van der Waals surface area contributed by atoms with Gasteiger partial charge in [-0.05, 0) is 36.9 Å². The topological polar surface area (TPSA) is 23.6 Å². The van der Waals surface area contributed by atoms with Crippen LogP contribution in [0.15, 0.2) is 0 Å². The first kappa shape index (κ1) is 17.4. The largest absolute Gasteiger partial charge is 0.304 e. The fourth-order valence-electron chi connectivity index (χ4n) is 1.93. The minimum Gasteiger partial charge on any atom is -0.271 e. The smallest absolute Gasteiger partial charge is 0.271 e. The van der Waals surface area contributed by atoms with Crippen molar-refractivity contribution in [2.75, 3.05) is 26.2 Å². The Hall–Kier alpha value is 0.440. The Kier molecular flexibility index (Phi) is 9.62. The summed E-state index contributed by atoms with van der Waals surface area (Å²) in [5, 5.41) is 0. The van der Waals surface area contributed by atoms with Gasteiger partial charge in [0, 0.05) is 26.2 Å². The lowest BCUT2D eigenvalue weighted by molar-refractivity contribution is 0.341. The molecule has 17 heavy (non-hydrogen) atoms. The molecule has 0 aliphatic rings. The fourth-order valence-corrected chi connectivity index (χ4v) is 4.98. The number of hydrogen-bond acceptors (Lipinski definition) is 1. The normalized spacial score (nSPS) is 12.6. The van der Waals surface area contributed by atoms with Crippen molar-refractivity contribution >= 4 is 18.0 Å². The molecule has 0 heterocycles. The quantitative estimate of drug-likeness (QED) is 0.548. The van der Waals surface area contributed by atoms with Gasteiger partial charge in [-0.1, -0.05) is 27.7 Å². The SMILES string of the molecule is CCCN(CCC)P(=O)(Cl)N(CCC)CCC. The first-order valence-electron chi connectivity index (χ1n) is 6.84. The summed E-state index contributed by atoms with van der Waals surface area (Å²) >= 11 is 6.39. The van der Waals surface area contributed by atoms with Crippen LogP contribution in [0.4, 0.5) is 0 Å². The zero-order valence-corrected chi connectivity index (χ0v) is 13.4. The molecular weight excluding hydrogens is 255 g/mol. The molecule has 0 unspecified atom stereocenters. The molecule has 104 valence electrons. The average Bonchev–Trinajstić information content (AvgIpc) is 2.28. The summed E-state index contributed by atoms with van der Waals surface area (Å²) < 4.78 is 16.7. The van der Waals surface area contributed by atoms with Crippen LogP contribution in [-0.4, -0.2) is 35.5 Å². The second-order valence-electron chi connectivity index (χ2n) is 4.38. The van der Waals surface area contributed by atoms with Gasteiger partial charge in [-0.2, -0.15) is 0 Å². The third-order valence-electron chi connectivity index (χ3n) is 2.62.